The lowest BCUT2D eigenvalue weighted by molar-refractivity contribution is 0.423. The lowest BCUT2D eigenvalue weighted by Crippen LogP contribution is -2.09. The summed E-state index contributed by atoms with van der Waals surface area (Å²) >= 11 is 0. The maximum absolute atomic E-state index is 14.1. The molecule has 1 aliphatic carbocycles. The summed E-state index contributed by atoms with van der Waals surface area (Å²) in [5.41, 5.74) is 7.33. The van der Waals surface area contributed by atoms with Crippen LogP contribution in [-0.4, -0.2) is 12.0 Å². The van der Waals surface area contributed by atoms with Gasteiger partial charge < -0.3 is 10.7 Å². The van der Waals surface area contributed by atoms with Gasteiger partial charge in [-0.1, -0.05) is 20.3 Å². The molecule has 1 fully saturated rings. The van der Waals surface area contributed by atoms with Crippen molar-refractivity contribution < 1.29 is 13.2 Å². The number of hydrogen-bond donors (Lipinski definition) is 2. The Kier molecular flexibility index (Phi) is 6.86. The molecule has 0 bridgehead atoms. The molecule has 1 saturated carbocycles. The fourth-order valence-electron chi connectivity index (χ4n) is 3.21. The number of benzene rings is 2. The molecule has 4 rings (SSSR count). The molecule has 0 radical (unpaired) electrons. The summed E-state index contributed by atoms with van der Waals surface area (Å²) in [5.74, 6) is -1.18. The van der Waals surface area contributed by atoms with E-state index in [0.717, 1.165) is 42.1 Å². The van der Waals surface area contributed by atoms with Gasteiger partial charge in [-0.25, -0.2) is 13.2 Å². The maximum Gasteiger partial charge on any atom is 0.150 e. The van der Waals surface area contributed by atoms with E-state index in [0.29, 0.717) is 16.8 Å². The minimum atomic E-state index is -0.594. The lowest BCUT2D eigenvalue weighted by atomic mass is 9.78. The second-order valence-electron chi connectivity index (χ2n) is 5.86. The third-order valence-corrected chi connectivity index (χ3v) is 4.51. The Hall–Kier alpha value is -2.27. The van der Waals surface area contributed by atoms with E-state index in [1.807, 2.05) is 13.8 Å². The Morgan fingerprint density at radius 1 is 0.923 bits per heavy atom. The van der Waals surface area contributed by atoms with Crippen molar-refractivity contribution in [1.29, 1.82) is 0 Å². The molecule has 0 atom stereocenters. The van der Waals surface area contributed by atoms with Crippen LogP contribution in [0.3, 0.4) is 0 Å². The van der Waals surface area contributed by atoms with Gasteiger partial charge in [-0.3, -0.25) is 0 Å². The number of nitrogens with one attached hydrogen (secondary N) is 1. The normalized spacial score (nSPS) is 13.3. The molecule has 0 amide bonds. The number of aromatic nitrogens is 1. The van der Waals surface area contributed by atoms with Crippen LogP contribution in [0.2, 0.25) is 0 Å². The molecule has 1 heterocycles. The van der Waals surface area contributed by atoms with Gasteiger partial charge in [0.2, 0.25) is 0 Å². The van der Waals surface area contributed by atoms with Crippen molar-refractivity contribution in [3.63, 3.8) is 0 Å². The van der Waals surface area contributed by atoms with Crippen molar-refractivity contribution in [3.8, 4) is 11.3 Å². The number of aromatic amines is 1. The molecule has 0 saturated heterocycles. The lowest BCUT2D eigenvalue weighted by Gasteiger charge is -2.26. The molecule has 26 heavy (non-hydrogen) atoms. The van der Waals surface area contributed by atoms with Crippen molar-refractivity contribution in [2.24, 2.45) is 5.73 Å². The number of fused-ring (bicyclic) bond motifs is 1. The topological polar surface area (TPSA) is 41.8 Å². The van der Waals surface area contributed by atoms with E-state index in [9.17, 15) is 13.2 Å². The average Bonchev–Trinajstić information content (AvgIpc) is 2.97. The van der Waals surface area contributed by atoms with Gasteiger partial charge in [-0.05, 0) is 67.3 Å². The van der Waals surface area contributed by atoms with Crippen molar-refractivity contribution in [2.45, 2.75) is 39.0 Å². The van der Waals surface area contributed by atoms with Gasteiger partial charge in [-0.2, -0.15) is 0 Å². The van der Waals surface area contributed by atoms with Crippen LogP contribution in [-0.2, 0) is 0 Å². The van der Waals surface area contributed by atoms with E-state index in [1.165, 1.54) is 25.2 Å². The van der Waals surface area contributed by atoms with Crippen LogP contribution >= 0.6 is 0 Å². The number of halogens is 3. The van der Waals surface area contributed by atoms with E-state index in [4.69, 9.17) is 0 Å². The molecule has 3 N–H and O–H groups in total. The molecule has 0 aliphatic heterocycles. The van der Waals surface area contributed by atoms with E-state index in [-0.39, 0.29) is 5.82 Å². The van der Waals surface area contributed by atoms with Crippen molar-refractivity contribution in [3.05, 3.63) is 59.4 Å². The van der Waals surface area contributed by atoms with Gasteiger partial charge in [0, 0.05) is 11.5 Å². The van der Waals surface area contributed by atoms with Crippen LogP contribution in [0, 0.1) is 17.5 Å². The highest BCUT2D eigenvalue weighted by molar-refractivity contribution is 5.92. The molecule has 0 unspecified atom stereocenters. The molecule has 0 spiro atoms. The van der Waals surface area contributed by atoms with Crippen LogP contribution in [0.25, 0.3) is 22.2 Å². The summed E-state index contributed by atoms with van der Waals surface area (Å²) in [4.78, 5) is 3.08. The minimum absolute atomic E-state index is 0.301. The second kappa shape index (κ2) is 8.90. The van der Waals surface area contributed by atoms with Crippen molar-refractivity contribution >= 4 is 10.9 Å². The Bertz CT molecular complexity index is 850. The van der Waals surface area contributed by atoms with Crippen molar-refractivity contribution in [2.75, 3.05) is 7.05 Å². The van der Waals surface area contributed by atoms with Crippen LogP contribution in [0.4, 0.5) is 13.2 Å². The first-order valence-electron chi connectivity index (χ1n) is 8.98. The van der Waals surface area contributed by atoms with Crippen molar-refractivity contribution in [1.82, 2.24) is 4.98 Å². The summed E-state index contributed by atoms with van der Waals surface area (Å²) in [6, 6.07) is 8.35. The molecule has 2 aromatic carbocycles. The largest absolute Gasteiger partial charge is 0.352 e. The Morgan fingerprint density at radius 3 is 2.08 bits per heavy atom. The van der Waals surface area contributed by atoms with Gasteiger partial charge in [0.15, 0.2) is 0 Å². The number of hydrogen-bond acceptors (Lipinski definition) is 1. The van der Waals surface area contributed by atoms with Crippen LogP contribution in [0.5, 0.6) is 0 Å². The summed E-state index contributed by atoms with van der Waals surface area (Å²) in [7, 11) is 1.50. The predicted octanol–water partition coefficient (Wildman–Crippen LogP) is 6.12. The standard InChI is InChI=1S/C18H14F3N.C2H6.CH5N/c19-12-6-4-11(5-7-12)17-16(10-2-1-3-10)14-8-13(20)9-15(21)18(14)22-17;2*1-2/h4-10,22H,1-3H2;1-2H3;2H2,1H3. The first-order chi connectivity index (χ1) is 12.6. The highest BCUT2D eigenvalue weighted by atomic mass is 19.1. The highest BCUT2D eigenvalue weighted by Gasteiger charge is 2.27. The van der Waals surface area contributed by atoms with Gasteiger partial charge in [0.1, 0.15) is 17.5 Å². The SMILES string of the molecule is CC.CN.Fc1ccc(-c2[nH]c3c(F)cc(F)cc3c2C2CCC2)cc1. The molecule has 1 aromatic heterocycles. The summed E-state index contributed by atoms with van der Waals surface area (Å²) < 4.78 is 40.8. The average molecular weight is 362 g/mol. The molecular formula is C21H25F3N2. The van der Waals surface area contributed by atoms with E-state index >= 15 is 0 Å². The fraction of sp³-hybridized carbons (Fsp3) is 0.333. The first kappa shape index (κ1) is 20.0. The molecular weight excluding hydrogens is 337 g/mol. The number of rotatable bonds is 2. The summed E-state index contributed by atoms with van der Waals surface area (Å²) in [6.45, 7) is 4.00. The van der Waals surface area contributed by atoms with E-state index in [1.54, 1.807) is 12.1 Å². The number of nitrogens with two attached hydrogens (primary N) is 1. The van der Waals surface area contributed by atoms with Gasteiger partial charge in [-0.15, -0.1) is 0 Å². The summed E-state index contributed by atoms with van der Waals surface area (Å²) in [5, 5.41) is 0.599. The Morgan fingerprint density at radius 2 is 1.54 bits per heavy atom. The molecule has 3 aromatic rings. The maximum atomic E-state index is 14.1. The van der Waals surface area contributed by atoms with Crippen LogP contribution in [0.15, 0.2) is 36.4 Å². The zero-order chi connectivity index (χ0) is 19.3. The third-order valence-electron chi connectivity index (χ3n) is 4.51. The Balaban J connectivity index is 0.000000570. The first-order valence-corrected chi connectivity index (χ1v) is 8.98. The van der Waals surface area contributed by atoms with Crippen LogP contribution < -0.4 is 5.73 Å². The smallest absolute Gasteiger partial charge is 0.150 e. The number of H-pyrrole nitrogens is 1. The van der Waals surface area contributed by atoms with Gasteiger partial charge in [0.25, 0.3) is 0 Å². The van der Waals surface area contributed by atoms with Gasteiger partial charge >= 0.3 is 0 Å². The van der Waals surface area contributed by atoms with Crippen LogP contribution in [0.1, 0.15) is 44.6 Å². The third kappa shape index (κ3) is 3.78. The Labute approximate surface area is 152 Å². The molecule has 140 valence electrons. The van der Waals surface area contributed by atoms with E-state index < -0.39 is 11.6 Å². The fourth-order valence-corrected chi connectivity index (χ4v) is 3.21. The highest BCUT2D eigenvalue weighted by Crippen LogP contribution is 2.45. The zero-order valence-corrected chi connectivity index (χ0v) is 15.4. The predicted molar refractivity (Wildman–Crippen MR) is 102 cm³/mol. The summed E-state index contributed by atoms with van der Waals surface area (Å²) in [6.07, 6.45) is 3.15. The molecule has 5 heteroatoms. The monoisotopic (exact) mass is 362 g/mol. The van der Waals surface area contributed by atoms with Gasteiger partial charge in [0.05, 0.1) is 11.2 Å². The zero-order valence-electron chi connectivity index (χ0n) is 15.4. The van der Waals surface area contributed by atoms with E-state index in [2.05, 4.69) is 10.7 Å². The molecule has 1 aliphatic rings. The quantitative estimate of drug-likeness (QED) is 0.566. The second-order valence-corrected chi connectivity index (χ2v) is 5.86. The molecule has 2 nitrogen and oxygen atoms in total. The minimum Gasteiger partial charge on any atom is -0.352 e.